The fraction of sp³-hybridized carbons (Fsp3) is 0.500. The zero-order chi connectivity index (χ0) is 16.4. The van der Waals surface area contributed by atoms with E-state index < -0.39 is 17.4 Å². The van der Waals surface area contributed by atoms with Crippen LogP contribution in [0.2, 0.25) is 5.02 Å². The highest BCUT2D eigenvalue weighted by atomic mass is 35.5. The monoisotopic (exact) mass is 312 g/mol. The van der Waals surface area contributed by atoms with E-state index in [2.05, 4.69) is 0 Å². The maximum atomic E-state index is 12.1. The van der Waals surface area contributed by atoms with Crippen LogP contribution in [-0.4, -0.2) is 23.7 Å². The third kappa shape index (κ3) is 3.56. The van der Waals surface area contributed by atoms with Crippen molar-refractivity contribution in [3.8, 4) is 0 Å². The lowest BCUT2D eigenvalue weighted by Crippen LogP contribution is -2.24. The Morgan fingerprint density at radius 1 is 1.29 bits per heavy atom. The van der Waals surface area contributed by atoms with E-state index >= 15 is 0 Å². The van der Waals surface area contributed by atoms with Gasteiger partial charge in [-0.1, -0.05) is 39.3 Å². The minimum atomic E-state index is -1.14. The molecule has 1 rings (SSSR count). The van der Waals surface area contributed by atoms with Gasteiger partial charge in [0, 0.05) is 5.02 Å². The molecule has 0 atom stereocenters. The molecule has 0 spiro atoms. The first-order valence-electron chi connectivity index (χ1n) is 6.91. The molecule has 0 saturated carbocycles. The molecule has 5 heteroatoms. The quantitative estimate of drug-likeness (QED) is 0.851. The first kappa shape index (κ1) is 17.5. The van der Waals surface area contributed by atoms with Crippen LogP contribution in [0.3, 0.4) is 0 Å². The highest BCUT2D eigenvalue weighted by Crippen LogP contribution is 2.36. The lowest BCUT2D eigenvalue weighted by Gasteiger charge is -2.27. The average Bonchev–Trinajstić information content (AvgIpc) is 2.36. The third-order valence-electron chi connectivity index (χ3n) is 3.19. The Labute approximate surface area is 130 Å². The molecule has 0 aliphatic heterocycles. The van der Waals surface area contributed by atoms with Crippen molar-refractivity contribution in [3.05, 3.63) is 33.3 Å². The van der Waals surface area contributed by atoms with Gasteiger partial charge in [0.1, 0.15) is 0 Å². The molecule has 0 unspecified atom stereocenters. The van der Waals surface area contributed by atoms with Crippen molar-refractivity contribution < 1.29 is 19.4 Å². The van der Waals surface area contributed by atoms with Crippen molar-refractivity contribution in [2.45, 2.75) is 46.5 Å². The topological polar surface area (TPSA) is 63.6 Å². The van der Waals surface area contributed by atoms with Gasteiger partial charge in [-0.25, -0.2) is 9.59 Å². The highest BCUT2D eigenvalue weighted by Gasteiger charge is 2.31. The maximum Gasteiger partial charge on any atom is 0.339 e. The summed E-state index contributed by atoms with van der Waals surface area (Å²) in [5.41, 5.74) is 0.895. The van der Waals surface area contributed by atoms with Gasteiger partial charge in [0.25, 0.3) is 0 Å². The van der Waals surface area contributed by atoms with Crippen LogP contribution in [0.15, 0.2) is 6.07 Å². The Hall–Kier alpha value is -1.55. The molecule has 0 radical (unpaired) electrons. The Bertz CT molecular complexity index is 571. The van der Waals surface area contributed by atoms with E-state index in [0.717, 1.165) is 5.56 Å². The first-order chi connectivity index (χ1) is 9.65. The van der Waals surface area contributed by atoms with E-state index in [4.69, 9.17) is 16.3 Å². The second-order valence-corrected chi connectivity index (χ2v) is 6.17. The molecule has 1 aromatic rings. The molecule has 0 aliphatic rings. The van der Waals surface area contributed by atoms with Gasteiger partial charge in [0.15, 0.2) is 0 Å². The number of rotatable bonds is 4. The fourth-order valence-electron chi connectivity index (χ4n) is 2.46. The summed E-state index contributed by atoms with van der Waals surface area (Å²) in [7, 11) is 0. The average molecular weight is 313 g/mol. The number of hydrogen-bond donors (Lipinski definition) is 1. The normalized spacial score (nSPS) is 11.3. The van der Waals surface area contributed by atoms with Crippen LogP contribution in [0.1, 0.15) is 66.5 Å². The first-order valence-corrected chi connectivity index (χ1v) is 7.29. The van der Waals surface area contributed by atoms with Crippen LogP contribution >= 0.6 is 11.6 Å². The van der Waals surface area contributed by atoms with Crippen LogP contribution < -0.4 is 0 Å². The Morgan fingerprint density at radius 2 is 1.86 bits per heavy atom. The van der Waals surface area contributed by atoms with Crippen molar-refractivity contribution >= 4 is 23.5 Å². The van der Waals surface area contributed by atoms with Gasteiger partial charge in [-0.2, -0.15) is 0 Å². The minimum absolute atomic E-state index is 0.0106. The summed E-state index contributed by atoms with van der Waals surface area (Å²) >= 11 is 6.26. The largest absolute Gasteiger partial charge is 0.478 e. The van der Waals surface area contributed by atoms with E-state index in [1.807, 2.05) is 27.7 Å². The third-order valence-corrected chi connectivity index (χ3v) is 3.53. The summed E-state index contributed by atoms with van der Waals surface area (Å²) in [6.07, 6.45) is 0.592. The maximum absolute atomic E-state index is 12.1. The van der Waals surface area contributed by atoms with Crippen molar-refractivity contribution in [3.63, 3.8) is 0 Å². The molecule has 0 saturated heterocycles. The second kappa shape index (κ2) is 6.48. The predicted octanol–water partition coefficient (Wildman–Crippen LogP) is 4.07. The van der Waals surface area contributed by atoms with E-state index in [1.54, 1.807) is 6.92 Å². The van der Waals surface area contributed by atoms with Crippen LogP contribution in [0.25, 0.3) is 0 Å². The lowest BCUT2D eigenvalue weighted by molar-refractivity contribution is 0.0514. The molecule has 0 bridgehead atoms. The summed E-state index contributed by atoms with van der Waals surface area (Å²) in [5, 5.41) is 9.99. The molecule has 4 nitrogen and oxygen atoms in total. The zero-order valence-corrected chi connectivity index (χ0v) is 13.8. The van der Waals surface area contributed by atoms with Crippen molar-refractivity contribution in [1.82, 2.24) is 0 Å². The lowest BCUT2D eigenvalue weighted by atomic mass is 9.78. The van der Waals surface area contributed by atoms with Gasteiger partial charge in [-0.15, -0.1) is 0 Å². The van der Waals surface area contributed by atoms with Gasteiger partial charge in [-0.3, -0.25) is 0 Å². The Balaban J connectivity index is 3.80. The van der Waals surface area contributed by atoms with Crippen molar-refractivity contribution in [2.24, 2.45) is 0 Å². The molecular weight excluding hydrogens is 292 g/mol. The van der Waals surface area contributed by atoms with Crippen LogP contribution in [0.5, 0.6) is 0 Å². The van der Waals surface area contributed by atoms with Crippen molar-refractivity contribution in [2.75, 3.05) is 6.61 Å². The number of esters is 1. The summed E-state index contributed by atoms with van der Waals surface area (Å²) in [4.78, 5) is 23.8. The molecule has 1 aromatic carbocycles. The number of carboxylic acids is 1. The van der Waals surface area contributed by atoms with Gasteiger partial charge in [-0.05, 0) is 36.0 Å². The number of benzene rings is 1. The van der Waals surface area contributed by atoms with Gasteiger partial charge >= 0.3 is 11.9 Å². The number of carboxylic acid groups (broad SMARTS) is 1. The molecule has 0 amide bonds. The Kier molecular flexibility index (Phi) is 5.40. The molecular formula is C16H21ClO4. The molecule has 0 heterocycles. The van der Waals surface area contributed by atoms with Crippen LogP contribution in [0, 0.1) is 0 Å². The summed E-state index contributed by atoms with van der Waals surface area (Å²) < 4.78 is 4.95. The van der Waals surface area contributed by atoms with Crippen molar-refractivity contribution in [1.29, 1.82) is 0 Å². The predicted molar refractivity (Wildman–Crippen MR) is 82.4 cm³/mol. The molecule has 0 aliphatic carbocycles. The molecule has 1 N–H and O–H groups in total. The number of hydrogen-bond acceptors (Lipinski definition) is 3. The van der Waals surface area contributed by atoms with Gasteiger partial charge in [0.05, 0.1) is 17.7 Å². The van der Waals surface area contributed by atoms with Gasteiger partial charge < -0.3 is 9.84 Å². The highest BCUT2D eigenvalue weighted by molar-refractivity contribution is 6.32. The fourth-order valence-corrected chi connectivity index (χ4v) is 2.79. The summed E-state index contributed by atoms with van der Waals surface area (Å²) in [6.45, 7) is 9.46. The second-order valence-electron chi connectivity index (χ2n) is 5.76. The smallest absolute Gasteiger partial charge is 0.339 e. The molecule has 0 aromatic heterocycles. The van der Waals surface area contributed by atoms with Crippen LogP contribution in [0.4, 0.5) is 0 Å². The molecule has 0 fully saturated rings. The standard InChI is InChI=1S/C16H21ClO4/c1-6-9-11(17)8-10(15(20)21-7-2)12(14(18)19)13(9)16(3,4)5/h8H,6-7H2,1-5H3,(H,18,19). The van der Waals surface area contributed by atoms with E-state index in [9.17, 15) is 14.7 Å². The Morgan fingerprint density at radius 3 is 2.24 bits per heavy atom. The van der Waals surface area contributed by atoms with E-state index in [1.165, 1.54) is 6.07 Å². The molecule has 116 valence electrons. The number of halogens is 1. The zero-order valence-electron chi connectivity index (χ0n) is 13.0. The number of ether oxygens (including phenoxy) is 1. The summed E-state index contributed by atoms with van der Waals surface area (Å²) in [6, 6.07) is 1.40. The number of aromatic carboxylic acids is 1. The van der Waals surface area contributed by atoms with Gasteiger partial charge in [0.2, 0.25) is 0 Å². The van der Waals surface area contributed by atoms with E-state index in [-0.39, 0.29) is 17.7 Å². The number of carbonyl (C=O) groups excluding carboxylic acids is 1. The SMILES string of the molecule is CCOC(=O)c1cc(Cl)c(CC)c(C(C)(C)C)c1C(=O)O. The van der Waals surface area contributed by atoms with E-state index in [0.29, 0.717) is 17.0 Å². The summed E-state index contributed by atoms with van der Waals surface area (Å²) in [5.74, 6) is -1.81. The minimum Gasteiger partial charge on any atom is -0.478 e. The number of carbonyl (C=O) groups is 2. The molecule has 21 heavy (non-hydrogen) atoms. The van der Waals surface area contributed by atoms with Crippen LogP contribution in [-0.2, 0) is 16.6 Å².